The summed E-state index contributed by atoms with van der Waals surface area (Å²) in [7, 11) is 0. The van der Waals surface area contributed by atoms with Crippen molar-refractivity contribution in [3.8, 4) is 0 Å². The van der Waals surface area contributed by atoms with Gasteiger partial charge in [-0.25, -0.2) is 9.37 Å². The van der Waals surface area contributed by atoms with Crippen LogP contribution < -0.4 is 10.2 Å². The molecular weight excluding hydrogens is 393 g/mol. The van der Waals surface area contributed by atoms with E-state index in [1.54, 1.807) is 12.1 Å². The van der Waals surface area contributed by atoms with E-state index in [9.17, 15) is 14.3 Å². The van der Waals surface area contributed by atoms with E-state index in [1.807, 2.05) is 17.0 Å². The average Bonchev–Trinajstić information content (AvgIpc) is 3.12. The van der Waals surface area contributed by atoms with E-state index in [-0.39, 0.29) is 12.5 Å². The minimum absolute atomic E-state index is 0.208. The summed E-state index contributed by atoms with van der Waals surface area (Å²) in [6.07, 6.45) is 3.14. The average molecular weight is 420 g/mol. The lowest BCUT2D eigenvalue weighted by Gasteiger charge is -2.35. The summed E-state index contributed by atoms with van der Waals surface area (Å²) in [6, 6.07) is 7.07. The summed E-state index contributed by atoms with van der Waals surface area (Å²) < 4.78 is 13.5. The van der Waals surface area contributed by atoms with Crippen LogP contribution in [0.1, 0.15) is 49.4 Å². The van der Waals surface area contributed by atoms with E-state index in [0.29, 0.717) is 65.6 Å². The van der Waals surface area contributed by atoms with E-state index in [4.69, 9.17) is 11.6 Å². The molecule has 1 aliphatic carbocycles. The molecule has 2 fully saturated rings. The fourth-order valence-electron chi connectivity index (χ4n) is 4.63. The molecule has 1 aromatic carbocycles. The Morgan fingerprint density at radius 1 is 1.38 bits per heavy atom. The Labute approximate surface area is 175 Å². The second-order valence-electron chi connectivity index (χ2n) is 8.60. The fraction of sp³-hybridized carbons (Fsp3) is 0.545. The van der Waals surface area contributed by atoms with E-state index >= 15 is 0 Å². The highest BCUT2D eigenvalue weighted by Crippen LogP contribution is 2.32. The number of nitrogens with zero attached hydrogens (tertiary/aromatic N) is 2. The summed E-state index contributed by atoms with van der Waals surface area (Å²) in [5.74, 6) is 0.840. The maximum absolute atomic E-state index is 13.5. The zero-order chi connectivity index (χ0) is 20.6. The minimum Gasteiger partial charge on any atom is -0.388 e. The summed E-state index contributed by atoms with van der Waals surface area (Å²) in [5, 5.41) is 14.7. The van der Waals surface area contributed by atoms with E-state index in [2.05, 4.69) is 17.2 Å². The number of amides is 1. The topological polar surface area (TPSA) is 65.5 Å². The van der Waals surface area contributed by atoms with Crippen LogP contribution in [0.5, 0.6) is 0 Å². The van der Waals surface area contributed by atoms with Crippen molar-refractivity contribution in [1.29, 1.82) is 0 Å². The van der Waals surface area contributed by atoms with Crippen molar-refractivity contribution >= 4 is 34.2 Å². The Morgan fingerprint density at radius 3 is 2.93 bits per heavy atom. The second kappa shape index (κ2) is 8.07. The van der Waals surface area contributed by atoms with Gasteiger partial charge in [-0.3, -0.25) is 4.79 Å². The Balaban J connectivity index is 1.56. The second-order valence-corrected chi connectivity index (χ2v) is 9.01. The smallest absolute Gasteiger partial charge is 0.253 e. The Hall–Kier alpha value is -1.92. The number of alkyl halides is 1. The van der Waals surface area contributed by atoms with Gasteiger partial charge in [-0.1, -0.05) is 31.4 Å². The number of carbonyl (C=O) groups is 1. The molecule has 1 saturated heterocycles. The number of aliphatic hydroxyl groups is 1. The third-order valence-electron chi connectivity index (χ3n) is 6.13. The molecule has 5 nitrogen and oxygen atoms in total. The molecule has 2 aromatic rings. The molecule has 2 heterocycles. The zero-order valence-electron chi connectivity index (χ0n) is 16.6. The lowest BCUT2D eigenvalue weighted by atomic mass is 9.79. The van der Waals surface area contributed by atoms with Crippen molar-refractivity contribution in [2.45, 2.75) is 50.8 Å². The molecule has 0 radical (unpaired) electrons. The van der Waals surface area contributed by atoms with Crippen LogP contribution in [0, 0.1) is 5.92 Å². The van der Waals surface area contributed by atoms with Crippen molar-refractivity contribution in [1.82, 2.24) is 10.3 Å². The highest BCUT2D eigenvalue weighted by atomic mass is 35.5. The molecule has 0 spiro atoms. The van der Waals surface area contributed by atoms with Gasteiger partial charge in [0.25, 0.3) is 5.91 Å². The normalized spacial score (nSPS) is 27.4. The molecule has 1 aliphatic heterocycles. The number of aromatic nitrogens is 1. The first-order valence-electron chi connectivity index (χ1n) is 10.3. The third kappa shape index (κ3) is 4.33. The van der Waals surface area contributed by atoms with Crippen LogP contribution in [0.25, 0.3) is 10.9 Å². The number of pyridine rings is 1. The molecule has 156 valence electrons. The Kier molecular flexibility index (Phi) is 5.67. The van der Waals surface area contributed by atoms with Gasteiger partial charge in [-0.2, -0.15) is 0 Å². The van der Waals surface area contributed by atoms with Gasteiger partial charge in [0.05, 0.1) is 28.2 Å². The minimum atomic E-state index is -0.867. The summed E-state index contributed by atoms with van der Waals surface area (Å²) in [4.78, 5) is 19.5. The first kappa shape index (κ1) is 20.4. The number of benzene rings is 1. The number of rotatable bonds is 4. The van der Waals surface area contributed by atoms with Crippen LogP contribution in [0.15, 0.2) is 24.3 Å². The van der Waals surface area contributed by atoms with E-state index in [0.717, 1.165) is 12.8 Å². The number of halogens is 2. The van der Waals surface area contributed by atoms with Crippen LogP contribution in [0.2, 0.25) is 5.02 Å². The lowest BCUT2D eigenvalue weighted by molar-refractivity contribution is -0.0109. The van der Waals surface area contributed by atoms with Gasteiger partial charge in [-0.15, -0.1) is 0 Å². The van der Waals surface area contributed by atoms with Gasteiger partial charge < -0.3 is 15.3 Å². The fourth-order valence-corrected chi connectivity index (χ4v) is 4.88. The quantitative estimate of drug-likeness (QED) is 0.782. The molecule has 1 saturated carbocycles. The van der Waals surface area contributed by atoms with Crippen LogP contribution in [0.3, 0.4) is 0 Å². The molecule has 1 aromatic heterocycles. The predicted molar refractivity (Wildman–Crippen MR) is 113 cm³/mol. The number of fused-ring (bicyclic) bond motifs is 1. The first-order valence-corrected chi connectivity index (χ1v) is 10.7. The maximum atomic E-state index is 13.5. The summed E-state index contributed by atoms with van der Waals surface area (Å²) >= 11 is 6.35. The van der Waals surface area contributed by atoms with Gasteiger partial charge in [0.15, 0.2) is 0 Å². The largest absolute Gasteiger partial charge is 0.388 e. The van der Waals surface area contributed by atoms with Crippen molar-refractivity contribution in [3.05, 3.63) is 34.9 Å². The SMILES string of the molecule is C[C@H]1CCCC(O)(CNC(=O)c2c(Cl)ccc3nc(N4CCC(F)C4)ccc23)C1. The highest BCUT2D eigenvalue weighted by molar-refractivity contribution is 6.35. The maximum Gasteiger partial charge on any atom is 0.253 e. The molecular formula is C22H27ClFN3O2. The van der Waals surface area contributed by atoms with E-state index < -0.39 is 11.8 Å². The number of anilines is 1. The van der Waals surface area contributed by atoms with Crippen molar-refractivity contribution < 1.29 is 14.3 Å². The summed E-state index contributed by atoms with van der Waals surface area (Å²) in [5.41, 5.74) is 0.138. The molecule has 1 amide bonds. The molecule has 2 N–H and O–H groups in total. The Morgan fingerprint density at radius 2 is 2.21 bits per heavy atom. The van der Waals surface area contributed by atoms with Crippen LogP contribution in [-0.4, -0.2) is 47.4 Å². The van der Waals surface area contributed by atoms with Gasteiger partial charge in [0.2, 0.25) is 0 Å². The number of carbonyl (C=O) groups excluding carboxylic acids is 1. The van der Waals surface area contributed by atoms with Crippen LogP contribution in [0.4, 0.5) is 10.2 Å². The molecule has 0 bridgehead atoms. The lowest BCUT2D eigenvalue weighted by Crippen LogP contribution is -2.45. The standard InChI is InChI=1S/C22H27ClFN3O2/c1-14-3-2-9-22(29,11-14)13-25-21(28)20-16-4-7-19(27-10-8-15(24)12-27)26-18(16)6-5-17(20)23/h4-7,14-15,29H,2-3,8-13H2,1H3,(H,25,28)/t14-,15?,22?/m0/s1. The molecule has 2 unspecified atom stereocenters. The van der Waals surface area contributed by atoms with Gasteiger partial charge in [0, 0.05) is 18.5 Å². The third-order valence-corrected chi connectivity index (χ3v) is 6.45. The molecule has 29 heavy (non-hydrogen) atoms. The number of hydrogen-bond donors (Lipinski definition) is 2. The first-order chi connectivity index (χ1) is 13.8. The molecule has 4 rings (SSSR count). The van der Waals surface area contributed by atoms with Crippen molar-refractivity contribution in [2.75, 3.05) is 24.5 Å². The van der Waals surface area contributed by atoms with Crippen LogP contribution >= 0.6 is 11.6 Å². The number of nitrogens with one attached hydrogen (secondary N) is 1. The van der Waals surface area contributed by atoms with E-state index in [1.165, 1.54) is 0 Å². The van der Waals surface area contributed by atoms with Gasteiger partial charge >= 0.3 is 0 Å². The highest BCUT2D eigenvalue weighted by Gasteiger charge is 2.33. The number of hydrogen-bond acceptors (Lipinski definition) is 4. The molecule has 7 heteroatoms. The van der Waals surface area contributed by atoms with Gasteiger partial charge in [-0.05, 0) is 49.4 Å². The predicted octanol–water partition coefficient (Wildman–Crippen LogP) is 4.11. The van der Waals surface area contributed by atoms with Crippen LogP contribution in [-0.2, 0) is 0 Å². The molecule has 3 atom stereocenters. The zero-order valence-corrected chi connectivity index (χ0v) is 17.4. The van der Waals surface area contributed by atoms with Crippen molar-refractivity contribution in [3.63, 3.8) is 0 Å². The summed E-state index contributed by atoms with van der Waals surface area (Å²) in [6.45, 7) is 3.32. The van der Waals surface area contributed by atoms with Gasteiger partial charge in [0.1, 0.15) is 12.0 Å². The Bertz CT molecular complexity index is 924. The molecule has 2 aliphatic rings. The van der Waals surface area contributed by atoms with Crippen molar-refractivity contribution in [2.24, 2.45) is 5.92 Å². The monoisotopic (exact) mass is 419 g/mol.